The number of phosphoric acid groups is 1. The summed E-state index contributed by atoms with van der Waals surface area (Å²) in [6, 6.07) is 0. The van der Waals surface area contributed by atoms with Gasteiger partial charge in [0.25, 0.3) is 0 Å². The predicted molar refractivity (Wildman–Crippen MR) is 224 cm³/mol. The fraction of sp³-hybridized carbons (Fsp3) is 0.773. The molecule has 0 saturated heterocycles. The third kappa shape index (κ3) is 39.7. The summed E-state index contributed by atoms with van der Waals surface area (Å²) in [5, 5.41) is 0. The van der Waals surface area contributed by atoms with Gasteiger partial charge in [0.15, 0.2) is 6.10 Å². The minimum Gasteiger partial charge on any atom is -0.462 e. The SMILES string of the molecule is CC/C=C/C/C=C/C/C=C/CCCCCCCC(=O)O[C@H](COC(=O)CCCCCCC/C=C/CCCCCCCC)COP(=O)(O)OCC[N+](C)(C)C. The number of likely N-dealkylation sites (N-methyl/N-ethyl adjacent to an activating group) is 1. The molecule has 0 rings (SSSR count). The van der Waals surface area contributed by atoms with Crippen molar-refractivity contribution in [3.63, 3.8) is 0 Å². The van der Waals surface area contributed by atoms with E-state index in [9.17, 15) is 19.0 Å². The van der Waals surface area contributed by atoms with Crippen LogP contribution < -0.4 is 0 Å². The van der Waals surface area contributed by atoms with Crippen molar-refractivity contribution in [2.45, 2.75) is 174 Å². The first-order valence-corrected chi connectivity index (χ1v) is 22.9. The van der Waals surface area contributed by atoms with Gasteiger partial charge < -0.3 is 18.9 Å². The highest BCUT2D eigenvalue weighted by molar-refractivity contribution is 7.47. The number of hydrogen-bond acceptors (Lipinski definition) is 7. The van der Waals surface area contributed by atoms with Gasteiger partial charge in [0.2, 0.25) is 0 Å². The lowest BCUT2D eigenvalue weighted by Gasteiger charge is -2.24. The summed E-state index contributed by atoms with van der Waals surface area (Å²) < 4.78 is 34.2. The normalized spacial score (nSPS) is 14.1. The maximum atomic E-state index is 12.7. The van der Waals surface area contributed by atoms with Crippen LogP contribution >= 0.6 is 7.82 Å². The van der Waals surface area contributed by atoms with Gasteiger partial charge in [-0.1, -0.05) is 133 Å². The summed E-state index contributed by atoms with van der Waals surface area (Å²) >= 11 is 0. The molecule has 9 nitrogen and oxygen atoms in total. The Labute approximate surface area is 331 Å². The first kappa shape index (κ1) is 52.0. The number of esters is 2. The van der Waals surface area contributed by atoms with E-state index in [0.717, 1.165) is 89.9 Å². The molecule has 0 heterocycles. The zero-order chi connectivity index (χ0) is 40.0. The van der Waals surface area contributed by atoms with E-state index in [1.807, 2.05) is 21.1 Å². The van der Waals surface area contributed by atoms with Crippen molar-refractivity contribution in [3.8, 4) is 0 Å². The number of rotatable bonds is 38. The molecule has 2 atom stereocenters. The Kier molecular flexibility index (Phi) is 35.2. The molecule has 1 unspecified atom stereocenters. The van der Waals surface area contributed by atoms with E-state index >= 15 is 0 Å². The Hall–Kier alpha value is -2.03. The highest BCUT2D eigenvalue weighted by Gasteiger charge is 2.27. The summed E-state index contributed by atoms with van der Waals surface area (Å²) in [7, 11) is 1.45. The number of ether oxygens (including phenoxy) is 2. The van der Waals surface area contributed by atoms with E-state index in [1.165, 1.54) is 44.9 Å². The van der Waals surface area contributed by atoms with Crippen molar-refractivity contribution in [3.05, 3.63) is 48.6 Å². The fourth-order valence-electron chi connectivity index (χ4n) is 5.49. The molecule has 0 radical (unpaired) electrons. The molecule has 0 aromatic rings. The van der Waals surface area contributed by atoms with Crippen LogP contribution in [-0.2, 0) is 32.7 Å². The molecule has 314 valence electrons. The van der Waals surface area contributed by atoms with Gasteiger partial charge in [0, 0.05) is 12.8 Å². The second-order valence-corrected chi connectivity index (χ2v) is 16.8. The lowest BCUT2D eigenvalue weighted by molar-refractivity contribution is -0.870. The van der Waals surface area contributed by atoms with Gasteiger partial charge in [0.05, 0.1) is 27.7 Å². The molecule has 0 saturated carbocycles. The number of carbonyl (C=O) groups excluding carboxylic acids is 2. The zero-order valence-corrected chi connectivity index (χ0v) is 36.1. The van der Waals surface area contributed by atoms with E-state index < -0.39 is 26.5 Å². The summed E-state index contributed by atoms with van der Waals surface area (Å²) in [5.41, 5.74) is 0. The summed E-state index contributed by atoms with van der Waals surface area (Å²) in [6.45, 7) is 4.26. The maximum absolute atomic E-state index is 12.7. The quantitative estimate of drug-likeness (QED) is 0.0217. The molecule has 10 heteroatoms. The second kappa shape index (κ2) is 36.6. The van der Waals surface area contributed by atoms with Crippen molar-refractivity contribution >= 4 is 19.8 Å². The topological polar surface area (TPSA) is 108 Å². The van der Waals surface area contributed by atoms with Crippen LogP contribution in [0.2, 0.25) is 0 Å². The van der Waals surface area contributed by atoms with Crippen molar-refractivity contribution in [2.75, 3.05) is 47.5 Å². The van der Waals surface area contributed by atoms with Crippen LogP contribution in [0.15, 0.2) is 48.6 Å². The Morgan fingerprint density at radius 1 is 0.593 bits per heavy atom. The molecule has 1 N–H and O–H groups in total. The van der Waals surface area contributed by atoms with Gasteiger partial charge in [-0.15, -0.1) is 0 Å². The van der Waals surface area contributed by atoms with Crippen molar-refractivity contribution < 1.29 is 42.1 Å². The number of unbranched alkanes of at least 4 members (excludes halogenated alkanes) is 16. The molecule has 0 aliphatic heterocycles. The number of phosphoric ester groups is 1. The third-order valence-electron chi connectivity index (χ3n) is 8.84. The predicted octanol–water partition coefficient (Wildman–Crippen LogP) is 11.9. The lowest BCUT2D eigenvalue weighted by atomic mass is 10.1. The molecule has 54 heavy (non-hydrogen) atoms. The first-order chi connectivity index (χ1) is 26.0. The van der Waals surface area contributed by atoms with Crippen molar-refractivity contribution in [1.29, 1.82) is 0 Å². The number of nitrogens with zero attached hydrogens (tertiary/aromatic N) is 1. The number of carbonyl (C=O) groups is 2. The maximum Gasteiger partial charge on any atom is 0.472 e. The monoisotopic (exact) mass is 783 g/mol. The minimum absolute atomic E-state index is 0.0253. The molecule has 0 amide bonds. The van der Waals surface area contributed by atoms with Crippen LogP contribution in [0.1, 0.15) is 168 Å². The number of allylic oxidation sites excluding steroid dienone is 8. The molecule has 0 aliphatic rings. The van der Waals surface area contributed by atoms with Gasteiger partial charge in [-0.2, -0.15) is 0 Å². The average molecular weight is 783 g/mol. The van der Waals surface area contributed by atoms with Gasteiger partial charge in [-0.05, 0) is 70.6 Å². The third-order valence-corrected chi connectivity index (χ3v) is 9.83. The van der Waals surface area contributed by atoms with Crippen LogP contribution in [0.4, 0.5) is 0 Å². The Morgan fingerprint density at radius 2 is 1.06 bits per heavy atom. The summed E-state index contributed by atoms with van der Waals surface area (Å²) in [6.07, 6.45) is 41.5. The highest BCUT2D eigenvalue weighted by Crippen LogP contribution is 2.43. The average Bonchev–Trinajstić information content (AvgIpc) is 3.12. The lowest BCUT2D eigenvalue weighted by Crippen LogP contribution is -2.37. The van der Waals surface area contributed by atoms with Crippen LogP contribution in [0.3, 0.4) is 0 Å². The van der Waals surface area contributed by atoms with Crippen molar-refractivity contribution in [2.24, 2.45) is 0 Å². The van der Waals surface area contributed by atoms with E-state index in [0.29, 0.717) is 17.4 Å². The largest absolute Gasteiger partial charge is 0.472 e. The standard InChI is InChI=1S/C44H80NO8P/c1-6-8-10-12-14-16-18-20-22-24-26-28-30-32-34-36-43(46)50-40-42(41-52-54(48,49)51-39-38-45(3,4)5)53-44(47)37-35-33-31-29-27-25-23-21-19-17-15-13-11-9-7-2/h9,11,15,17,20-23,42H,6-8,10,12-14,16,18-19,24-41H2,1-5H3/p+1/b11-9+,17-15+,22-20+,23-21+/t42-/m1/s1. The van der Waals surface area contributed by atoms with Gasteiger partial charge in [0.1, 0.15) is 19.8 Å². The smallest absolute Gasteiger partial charge is 0.462 e. The van der Waals surface area contributed by atoms with Crippen molar-refractivity contribution in [1.82, 2.24) is 0 Å². The Balaban J connectivity index is 4.42. The molecule has 0 aromatic carbocycles. The molecule has 0 aliphatic carbocycles. The number of hydrogen-bond donors (Lipinski definition) is 1. The van der Waals surface area contributed by atoms with Gasteiger partial charge in [-0.3, -0.25) is 18.6 Å². The first-order valence-electron chi connectivity index (χ1n) is 21.4. The van der Waals surface area contributed by atoms with Gasteiger partial charge >= 0.3 is 19.8 Å². The summed E-state index contributed by atoms with van der Waals surface area (Å²) in [4.78, 5) is 35.3. The van der Waals surface area contributed by atoms with Crippen LogP contribution in [0.25, 0.3) is 0 Å². The Morgan fingerprint density at radius 3 is 1.59 bits per heavy atom. The minimum atomic E-state index is -4.38. The molecule has 0 bridgehead atoms. The molecule has 0 fully saturated rings. The van der Waals surface area contributed by atoms with Gasteiger partial charge in [-0.25, -0.2) is 4.57 Å². The van der Waals surface area contributed by atoms with Crippen LogP contribution in [0.5, 0.6) is 0 Å². The van der Waals surface area contributed by atoms with E-state index in [-0.39, 0.29) is 32.0 Å². The van der Waals surface area contributed by atoms with E-state index in [1.54, 1.807) is 0 Å². The zero-order valence-electron chi connectivity index (χ0n) is 35.2. The molecule has 0 aromatic heterocycles. The molecular formula is C44H81NO8P+. The van der Waals surface area contributed by atoms with Crippen LogP contribution in [-0.4, -0.2) is 74.9 Å². The Bertz CT molecular complexity index is 1070. The van der Waals surface area contributed by atoms with Crippen LogP contribution in [0, 0.1) is 0 Å². The molecule has 0 spiro atoms. The summed E-state index contributed by atoms with van der Waals surface area (Å²) in [5.74, 6) is -0.831. The fourth-order valence-corrected chi connectivity index (χ4v) is 6.23. The molecular weight excluding hydrogens is 701 g/mol. The number of quaternary nitrogens is 1. The van der Waals surface area contributed by atoms with E-state index in [4.69, 9.17) is 18.5 Å². The van der Waals surface area contributed by atoms with E-state index in [2.05, 4.69) is 62.5 Å². The second-order valence-electron chi connectivity index (χ2n) is 15.3. The highest BCUT2D eigenvalue weighted by atomic mass is 31.2.